The second-order valence-corrected chi connectivity index (χ2v) is 9.40. The van der Waals surface area contributed by atoms with E-state index in [2.05, 4.69) is 10.1 Å². The summed E-state index contributed by atoms with van der Waals surface area (Å²) in [5.41, 5.74) is -0.450. The van der Waals surface area contributed by atoms with Crippen molar-refractivity contribution >= 4 is 23.8 Å². The van der Waals surface area contributed by atoms with Gasteiger partial charge in [0.1, 0.15) is 5.60 Å². The van der Waals surface area contributed by atoms with Crippen LogP contribution in [0.3, 0.4) is 0 Å². The average molecular weight is 372 g/mol. The number of carbonyl (C=O) groups excluding carboxylic acids is 2. The number of nitrogens with one attached hydrogen (secondary N) is 1. The van der Waals surface area contributed by atoms with Crippen molar-refractivity contribution in [3.05, 3.63) is 0 Å². The van der Waals surface area contributed by atoms with E-state index in [0.29, 0.717) is 17.6 Å². The van der Waals surface area contributed by atoms with E-state index in [-0.39, 0.29) is 18.1 Å². The van der Waals surface area contributed by atoms with E-state index in [1.54, 1.807) is 11.8 Å². The van der Waals surface area contributed by atoms with E-state index < -0.39 is 5.60 Å². The Hall–Kier alpha value is -0.910. The van der Waals surface area contributed by atoms with Crippen LogP contribution in [-0.4, -0.2) is 42.3 Å². The molecule has 6 heteroatoms. The van der Waals surface area contributed by atoms with Gasteiger partial charge in [-0.3, -0.25) is 4.79 Å². The molecule has 1 N–H and O–H groups in total. The Morgan fingerprint density at radius 1 is 1.16 bits per heavy atom. The third-order valence-corrected chi connectivity index (χ3v) is 6.31. The first-order valence-electron chi connectivity index (χ1n) is 9.44. The van der Waals surface area contributed by atoms with E-state index in [4.69, 9.17) is 4.74 Å². The number of amides is 1. The molecule has 0 unspecified atom stereocenters. The molecule has 1 amide bonds. The summed E-state index contributed by atoms with van der Waals surface area (Å²) < 4.78 is 10.1. The van der Waals surface area contributed by atoms with E-state index >= 15 is 0 Å². The minimum absolute atomic E-state index is 0.153. The lowest BCUT2D eigenvalue weighted by Crippen LogP contribution is -2.46. The molecule has 2 bridgehead atoms. The summed E-state index contributed by atoms with van der Waals surface area (Å²) in [5, 5.41) is 3.16. The normalized spacial score (nSPS) is 28.0. The predicted molar refractivity (Wildman–Crippen MR) is 101 cm³/mol. The van der Waals surface area contributed by atoms with E-state index in [1.807, 2.05) is 20.8 Å². The minimum Gasteiger partial charge on any atom is -0.468 e. The first-order valence-corrected chi connectivity index (χ1v) is 10.6. The molecule has 4 atom stereocenters. The van der Waals surface area contributed by atoms with Gasteiger partial charge in [-0.2, -0.15) is 11.8 Å². The van der Waals surface area contributed by atoms with Gasteiger partial charge in [0.05, 0.1) is 12.9 Å². The maximum atomic E-state index is 12.2. The highest BCUT2D eigenvalue weighted by Gasteiger charge is 2.47. The number of hydrogen-bond donors (Lipinski definition) is 1. The van der Waals surface area contributed by atoms with Crippen LogP contribution in [-0.2, 0) is 14.3 Å². The smallest absolute Gasteiger partial charge is 0.407 e. The summed E-state index contributed by atoms with van der Waals surface area (Å²) in [7, 11) is 1.43. The molecule has 2 aliphatic carbocycles. The first kappa shape index (κ1) is 20.4. The topological polar surface area (TPSA) is 64.6 Å². The van der Waals surface area contributed by atoms with Crippen molar-refractivity contribution in [1.82, 2.24) is 5.32 Å². The molecule has 2 aliphatic rings. The zero-order valence-corrected chi connectivity index (χ0v) is 16.8. The van der Waals surface area contributed by atoms with Crippen LogP contribution in [0.15, 0.2) is 0 Å². The highest BCUT2D eigenvalue weighted by atomic mass is 32.2. The summed E-state index contributed by atoms with van der Waals surface area (Å²) >= 11 is 1.64. The molecule has 144 valence electrons. The SMILES string of the molecule is COC(=O)CSCCCC[C@H]1[C@H]2CC[C@H](C2)[C@@H]1NC(=O)OC(C)(C)C. The number of ether oxygens (including phenoxy) is 2. The van der Waals surface area contributed by atoms with Crippen molar-refractivity contribution in [2.75, 3.05) is 18.6 Å². The molecule has 0 aliphatic heterocycles. The van der Waals surface area contributed by atoms with Crippen LogP contribution in [0.4, 0.5) is 4.79 Å². The van der Waals surface area contributed by atoms with Gasteiger partial charge < -0.3 is 14.8 Å². The zero-order valence-electron chi connectivity index (χ0n) is 16.0. The van der Waals surface area contributed by atoms with Crippen LogP contribution in [0.2, 0.25) is 0 Å². The van der Waals surface area contributed by atoms with Crippen LogP contribution in [0.25, 0.3) is 0 Å². The number of hydrogen-bond acceptors (Lipinski definition) is 5. The van der Waals surface area contributed by atoms with Gasteiger partial charge in [0.15, 0.2) is 0 Å². The summed E-state index contributed by atoms with van der Waals surface area (Å²) in [6, 6.07) is 0.274. The minimum atomic E-state index is -0.450. The van der Waals surface area contributed by atoms with Crippen molar-refractivity contribution in [3.63, 3.8) is 0 Å². The summed E-state index contributed by atoms with van der Waals surface area (Å²) in [6.45, 7) is 5.70. The second kappa shape index (κ2) is 9.15. The fourth-order valence-electron chi connectivity index (χ4n) is 4.29. The number of esters is 1. The van der Waals surface area contributed by atoms with Crippen molar-refractivity contribution in [1.29, 1.82) is 0 Å². The fraction of sp³-hybridized carbons (Fsp3) is 0.895. The Bertz CT molecular complexity index is 463. The quantitative estimate of drug-likeness (QED) is 0.516. The molecule has 0 saturated heterocycles. The molecule has 0 radical (unpaired) electrons. The molecule has 2 fully saturated rings. The fourth-order valence-corrected chi connectivity index (χ4v) is 5.13. The predicted octanol–water partition coefficient (Wildman–Crippen LogP) is 4.00. The molecule has 2 saturated carbocycles. The summed E-state index contributed by atoms with van der Waals surface area (Å²) in [4.78, 5) is 23.3. The third kappa shape index (κ3) is 6.39. The summed E-state index contributed by atoms with van der Waals surface area (Å²) in [5.74, 6) is 3.23. The lowest BCUT2D eigenvalue weighted by Gasteiger charge is -2.32. The van der Waals surface area contributed by atoms with Gasteiger partial charge in [0.2, 0.25) is 0 Å². The zero-order chi connectivity index (χ0) is 18.4. The highest BCUT2D eigenvalue weighted by Crippen LogP contribution is 2.50. The number of rotatable bonds is 8. The van der Waals surface area contributed by atoms with Gasteiger partial charge in [-0.1, -0.05) is 6.42 Å². The summed E-state index contributed by atoms with van der Waals surface area (Å²) in [6.07, 6.45) is 6.92. The van der Waals surface area contributed by atoms with Crippen molar-refractivity contribution < 1.29 is 19.1 Å². The molecule has 0 aromatic rings. The van der Waals surface area contributed by atoms with Gasteiger partial charge in [-0.05, 0) is 76.4 Å². The van der Waals surface area contributed by atoms with Crippen LogP contribution in [0.1, 0.15) is 59.3 Å². The van der Waals surface area contributed by atoms with Crippen molar-refractivity contribution in [3.8, 4) is 0 Å². The van der Waals surface area contributed by atoms with Gasteiger partial charge in [-0.15, -0.1) is 0 Å². The lowest BCUT2D eigenvalue weighted by atomic mass is 9.81. The van der Waals surface area contributed by atoms with Gasteiger partial charge in [-0.25, -0.2) is 4.79 Å². The molecule has 0 aromatic heterocycles. The molecule has 0 aromatic carbocycles. The first-order chi connectivity index (χ1) is 11.8. The Morgan fingerprint density at radius 2 is 1.88 bits per heavy atom. The molecule has 0 spiro atoms. The maximum absolute atomic E-state index is 12.2. The Labute approximate surface area is 156 Å². The second-order valence-electron chi connectivity index (χ2n) is 8.29. The standard InChI is InChI=1S/C19H33NO4S/c1-19(2,3)24-18(22)20-17-14-9-8-13(11-14)15(17)7-5-6-10-25-12-16(21)23-4/h13-15,17H,5-12H2,1-4H3,(H,20,22)/t13-,14+,15-,17-/m0/s1. The van der Waals surface area contributed by atoms with Crippen molar-refractivity contribution in [2.45, 2.75) is 70.9 Å². The monoisotopic (exact) mass is 371 g/mol. The lowest BCUT2D eigenvalue weighted by molar-refractivity contribution is -0.137. The highest BCUT2D eigenvalue weighted by molar-refractivity contribution is 7.99. The Morgan fingerprint density at radius 3 is 2.56 bits per heavy atom. The molecular formula is C19H33NO4S. The maximum Gasteiger partial charge on any atom is 0.407 e. The van der Waals surface area contributed by atoms with Crippen LogP contribution in [0, 0.1) is 17.8 Å². The third-order valence-electron chi connectivity index (χ3n) is 5.30. The molecular weight excluding hydrogens is 338 g/mol. The van der Waals surface area contributed by atoms with E-state index in [1.165, 1.54) is 26.4 Å². The van der Waals surface area contributed by atoms with Gasteiger partial charge >= 0.3 is 12.1 Å². The number of carbonyl (C=O) groups is 2. The molecule has 2 rings (SSSR count). The number of alkyl carbamates (subject to hydrolysis) is 1. The largest absolute Gasteiger partial charge is 0.468 e. The van der Waals surface area contributed by atoms with E-state index in [0.717, 1.165) is 30.9 Å². The Balaban J connectivity index is 1.72. The number of fused-ring (bicyclic) bond motifs is 2. The van der Waals surface area contributed by atoms with Gasteiger partial charge in [0.25, 0.3) is 0 Å². The van der Waals surface area contributed by atoms with Crippen LogP contribution >= 0.6 is 11.8 Å². The van der Waals surface area contributed by atoms with Crippen LogP contribution < -0.4 is 5.32 Å². The Kier molecular flexibility index (Phi) is 7.47. The number of methoxy groups -OCH3 is 1. The molecule has 5 nitrogen and oxygen atoms in total. The van der Waals surface area contributed by atoms with E-state index in [9.17, 15) is 9.59 Å². The molecule has 0 heterocycles. The van der Waals surface area contributed by atoms with Gasteiger partial charge in [0, 0.05) is 6.04 Å². The van der Waals surface area contributed by atoms with Crippen molar-refractivity contribution in [2.24, 2.45) is 17.8 Å². The molecule has 25 heavy (non-hydrogen) atoms. The average Bonchev–Trinajstić information content (AvgIpc) is 3.10. The number of thioether (sulfide) groups is 1. The van der Waals surface area contributed by atoms with Crippen LogP contribution in [0.5, 0.6) is 0 Å². The number of unbranched alkanes of at least 4 members (excludes halogenated alkanes) is 1.